The minimum absolute atomic E-state index is 0.0905. The van der Waals surface area contributed by atoms with E-state index in [9.17, 15) is 9.59 Å². The molecule has 4 rings (SSSR count). The van der Waals surface area contributed by atoms with E-state index >= 15 is 0 Å². The summed E-state index contributed by atoms with van der Waals surface area (Å²) in [4.78, 5) is 27.7. The van der Waals surface area contributed by atoms with Gasteiger partial charge in [-0.1, -0.05) is 27.7 Å². The quantitative estimate of drug-likeness (QED) is 0.109. The third-order valence-electron chi connectivity index (χ3n) is 4.87. The van der Waals surface area contributed by atoms with Gasteiger partial charge in [0.25, 0.3) is 5.91 Å². The Balaban J connectivity index is 1.46. The number of nitrogens with zero attached hydrogens (tertiary/aromatic N) is 5. The molecule has 0 atom stereocenters. The molecule has 0 spiro atoms. The van der Waals surface area contributed by atoms with Crippen molar-refractivity contribution in [1.82, 2.24) is 25.2 Å². The Bertz CT molecular complexity index is 1390. The van der Waals surface area contributed by atoms with E-state index in [2.05, 4.69) is 41.6 Å². The zero-order valence-corrected chi connectivity index (χ0v) is 21.8. The van der Waals surface area contributed by atoms with Crippen LogP contribution >= 0.6 is 27.7 Å². The highest BCUT2D eigenvalue weighted by molar-refractivity contribution is 9.10. The molecule has 36 heavy (non-hydrogen) atoms. The number of amides is 1. The maximum absolute atomic E-state index is 12.5. The van der Waals surface area contributed by atoms with Crippen LogP contribution in [0.5, 0.6) is 5.75 Å². The van der Waals surface area contributed by atoms with E-state index in [0.717, 1.165) is 21.3 Å². The number of rotatable bonds is 8. The summed E-state index contributed by atoms with van der Waals surface area (Å²) in [5, 5.41) is 13.4. The summed E-state index contributed by atoms with van der Waals surface area (Å²) in [5.74, 6) is 0.510. The number of carbonyl (C=O) groups is 2. The molecule has 0 bridgehead atoms. The summed E-state index contributed by atoms with van der Waals surface area (Å²) >= 11 is 4.72. The van der Waals surface area contributed by atoms with Crippen LogP contribution in [-0.4, -0.2) is 43.1 Å². The third kappa shape index (κ3) is 6.43. The second-order valence-corrected chi connectivity index (χ2v) is 9.35. The fourth-order valence-electron chi connectivity index (χ4n) is 3.18. The minimum Gasteiger partial charge on any atom is -0.427 e. The second kappa shape index (κ2) is 11.7. The monoisotopic (exact) mass is 564 g/mol. The Hall–Kier alpha value is -3.83. The normalized spacial score (nSPS) is 11.2. The highest BCUT2D eigenvalue weighted by atomic mass is 79.9. The van der Waals surface area contributed by atoms with Crippen LogP contribution in [0.2, 0.25) is 0 Å². The lowest BCUT2D eigenvalue weighted by Crippen LogP contribution is -2.21. The molecule has 2 heterocycles. The van der Waals surface area contributed by atoms with Crippen molar-refractivity contribution in [2.24, 2.45) is 5.10 Å². The molecule has 0 saturated heterocycles. The van der Waals surface area contributed by atoms with Gasteiger partial charge in [-0.05, 0) is 73.2 Å². The third-order valence-corrected chi connectivity index (χ3v) is 6.33. The Kier molecular flexibility index (Phi) is 8.24. The van der Waals surface area contributed by atoms with Crippen LogP contribution in [0.4, 0.5) is 0 Å². The summed E-state index contributed by atoms with van der Waals surface area (Å²) in [6.45, 7) is 3.12. The first-order valence-corrected chi connectivity index (χ1v) is 12.5. The Labute approximate surface area is 220 Å². The number of nitrogens with one attached hydrogen (secondary N) is 1. The zero-order valence-electron chi connectivity index (χ0n) is 19.4. The lowest BCUT2D eigenvalue weighted by molar-refractivity contribution is -0.131. The van der Waals surface area contributed by atoms with E-state index in [1.54, 1.807) is 43.6 Å². The summed E-state index contributed by atoms with van der Waals surface area (Å²) < 4.78 is 7.88. The van der Waals surface area contributed by atoms with Crippen LogP contribution < -0.4 is 10.2 Å². The Morgan fingerprint density at radius 3 is 2.36 bits per heavy atom. The van der Waals surface area contributed by atoms with Crippen LogP contribution in [0.25, 0.3) is 17.1 Å². The van der Waals surface area contributed by atoms with Crippen molar-refractivity contribution in [2.45, 2.75) is 19.0 Å². The van der Waals surface area contributed by atoms with Gasteiger partial charge in [0.05, 0.1) is 11.5 Å². The van der Waals surface area contributed by atoms with E-state index in [0.29, 0.717) is 22.4 Å². The van der Waals surface area contributed by atoms with E-state index in [-0.39, 0.29) is 17.6 Å². The molecule has 1 N–H and O–H groups in total. The van der Waals surface area contributed by atoms with Crippen molar-refractivity contribution in [3.63, 3.8) is 0 Å². The summed E-state index contributed by atoms with van der Waals surface area (Å²) in [6.07, 6.45) is 3.39. The van der Waals surface area contributed by atoms with E-state index in [1.807, 2.05) is 41.0 Å². The predicted molar refractivity (Wildman–Crippen MR) is 141 cm³/mol. The number of hydrogen-bond donors (Lipinski definition) is 1. The van der Waals surface area contributed by atoms with Gasteiger partial charge in [0.15, 0.2) is 11.0 Å². The lowest BCUT2D eigenvalue weighted by atomic mass is 10.1. The molecule has 0 aliphatic carbocycles. The maximum Gasteiger partial charge on any atom is 0.308 e. The van der Waals surface area contributed by atoms with E-state index < -0.39 is 0 Å². The standard InChI is InChI=1S/C25H21BrN6O3S/c1-16(18-3-9-22(10-4-18)35-17(2)33)28-29-23(34)15-36-25-31-30-24(19-11-13-27-14-12-19)32(25)21-7-5-20(26)6-8-21/h3-14H,15H2,1-2H3,(H,29,34)/b28-16-. The van der Waals surface area contributed by atoms with Crippen LogP contribution in [0.1, 0.15) is 19.4 Å². The number of aromatic nitrogens is 4. The average molecular weight is 565 g/mol. The number of benzene rings is 2. The van der Waals surface area contributed by atoms with Gasteiger partial charge < -0.3 is 4.74 Å². The van der Waals surface area contributed by atoms with Gasteiger partial charge in [-0.3, -0.25) is 19.1 Å². The molecule has 0 fully saturated rings. The fourth-order valence-corrected chi connectivity index (χ4v) is 4.19. The largest absolute Gasteiger partial charge is 0.427 e. The lowest BCUT2D eigenvalue weighted by Gasteiger charge is -2.10. The molecular weight excluding hydrogens is 544 g/mol. The van der Waals surface area contributed by atoms with E-state index in [4.69, 9.17) is 4.74 Å². The van der Waals surface area contributed by atoms with Gasteiger partial charge in [0.1, 0.15) is 5.75 Å². The Morgan fingerprint density at radius 1 is 1.00 bits per heavy atom. The molecule has 0 aliphatic heterocycles. The molecule has 11 heteroatoms. The number of hydrazone groups is 1. The molecule has 2 aromatic heterocycles. The summed E-state index contributed by atoms with van der Waals surface area (Å²) in [6, 6.07) is 18.3. The zero-order chi connectivity index (χ0) is 25.5. The highest BCUT2D eigenvalue weighted by Gasteiger charge is 2.17. The Morgan fingerprint density at radius 2 is 1.69 bits per heavy atom. The van der Waals surface area contributed by atoms with Gasteiger partial charge in [-0.25, -0.2) is 5.43 Å². The van der Waals surface area contributed by atoms with Crippen molar-refractivity contribution in [3.05, 3.63) is 83.1 Å². The van der Waals surface area contributed by atoms with Crippen molar-refractivity contribution >= 4 is 45.3 Å². The number of thioether (sulfide) groups is 1. The van der Waals surface area contributed by atoms with Gasteiger partial charge >= 0.3 is 5.97 Å². The number of carbonyl (C=O) groups excluding carboxylic acids is 2. The molecule has 182 valence electrons. The van der Waals surface area contributed by atoms with Crippen LogP contribution in [0.15, 0.2) is 87.8 Å². The summed E-state index contributed by atoms with van der Waals surface area (Å²) in [5.41, 5.74) is 5.70. The molecule has 0 saturated carbocycles. The van der Waals surface area contributed by atoms with Crippen molar-refractivity contribution in [1.29, 1.82) is 0 Å². The van der Waals surface area contributed by atoms with Crippen molar-refractivity contribution < 1.29 is 14.3 Å². The van der Waals surface area contributed by atoms with Crippen molar-refractivity contribution in [3.8, 4) is 22.8 Å². The fraction of sp³-hybridized carbons (Fsp3) is 0.120. The van der Waals surface area contributed by atoms with Crippen molar-refractivity contribution in [2.75, 3.05) is 5.75 Å². The van der Waals surface area contributed by atoms with Crippen LogP contribution in [-0.2, 0) is 9.59 Å². The molecule has 0 radical (unpaired) electrons. The molecule has 0 unspecified atom stereocenters. The van der Waals surface area contributed by atoms with Gasteiger partial charge in [-0.2, -0.15) is 5.10 Å². The second-order valence-electron chi connectivity index (χ2n) is 7.49. The molecule has 9 nitrogen and oxygen atoms in total. The number of esters is 1. The molecule has 4 aromatic rings. The summed E-state index contributed by atoms with van der Waals surface area (Å²) in [7, 11) is 0. The highest BCUT2D eigenvalue weighted by Crippen LogP contribution is 2.28. The average Bonchev–Trinajstić information content (AvgIpc) is 3.31. The van der Waals surface area contributed by atoms with Gasteiger partial charge in [0, 0.05) is 35.0 Å². The molecular formula is C25H21BrN6O3S. The first-order chi connectivity index (χ1) is 17.4. The molecule has 0 aliphatic rings. The maximum atomic E-state index is 12.5. The smallest absolute Gasteiger partial charge is 0.308 e. The van der Waals surface area contributed by atoms with Crippen LogP contribution in [0, 0.1) is 0 Å². The molecule has 2 aromatic carbocycles. The first-order valence-electron chi connectivity index (χ1n) is 10.8. The van der Waals surface area contributed by atoms with E-state index in [1.165, 1.54) is 18.7 Å². The SMILES string of the molecule is CC(=O)Oc1ccc(/C(C)=N\NC(=O)CSc2nnc(-c3ccncc3)n2-c2ccc(Br)cc2)cc1. The van der Waals surface area contributed by atoms with Gasteiger partial charge in [0.2, 0.25) is 0 Å². The minimum atomic E-state index is -0.387. The number of halogens is 1. The predicted octanol–water partition coefficient (Wildman–Crippen LogP) is 4.65. The number of ether oxygens (including phenoxy) is 1. The first kappa shape index (κ1) is 25.3. The molecule has 1 amide bonds. The number of hydrogen-bond acceptors (Lipinski definition) is 8. The van der Waals surface area contributed by atoms with Crippen LogP contribution in [0.3, 0.4) is 0 Å². The number of pyridine rings is 1. The van der Waals surface area contributed by atoms with Gasteiger partial charge in [-0.15, -0.1) is 10.2 Å². The topological polar surface area (TPSA) is 111 Å².